The molecule has 0 bridgehead atoms. The standard InChI is InChI=1S/C17H26O5/c1-3-4-13(18)10-15(20)11-14(19)7-5-12-6-8-16(21)17(9-12)22-2/h6,8-9,13,15,18,20-21H,3-5,7,10-11H2,1-2H3. The third-order valence-corrected chi connectivity index (χ3v) is 3.57. The van der Waals surface area contributed by atoms with Crippen LogP contribution in [0.2, 0.25) is 0 Å². The zero-order valence-corrected chi connectivity index (χ0v) is 13.3. The molecule has 2 unspecified atom stereocenters. The molecule has 0 aliphatic heterocycles. The molecule has 0 fully saturated rings. The largest absolute Gasteiger partial charge is 0.504 e. The van der Waals surface area contributed by atoms with Gasteiger partial charge in [0.15, 0.2) is 11.5 Å². The summed E-state index contributed by atoms with van der Waals surface area (Å²) in [5.74, 6) is 0.411. The average molecular weight is 310 g/mol. The van der Waals surface area contributed by atoms with E-state index in [0.29, 0.717) is 25.0 Å². The maximum atomic E-state index is 11.9. The Labute approximate surface area is 131 Å². The molecular formula is C17H26O5. The number of carbonyl (C=O) groups is 1. The zero-order valence-electron chi connectivity index (χ0n) is 13.3. The van der Waals surface area contributed by atoms with Crippen molar-refractivity contribution in [3.05, 3.63) is 23.8 Å². The number of Topliss-reactive ketones (excluding diaryl/α,β-unsaturated/α-hetero) is 1. The number of phenolic OH excluding ortho intramolecular Hbond substituents is 1. The highest BCUT2D eigenvalue weighted by Crippen LogP contribution is 2.26. The Hall–Kier alpha value is -1.59. The second kappa shape index (κ2) is 9.43. The number of phenols is 1. The van der Waals surface area contributed by atoms with Crippen molar-refractivity contribution >= 4 is 5.78 Å². The van der Waals surface area contributed by atoms with Gasteiger partial charge in [0.25, 0.3) is 0 Å². The normalized spacial score (nSPS) is 13.6. The smallest absolute Gasteiger partial charge is 0.160 e. The predicted octanol–water partition coefficient (Wildman–Crippen LogP) is 2.20. The van der Waals surface area contributed by atoms with Crippen LogP contribution in [0.1, 0.15) is 44.6 Å². The highest BCUT2D eigenvalue weighted by Gasteiger charge is 2.15. The molecule has 1 aromatic rings. The van der Waals surface area contributed by atoms with Crippen molar-refractivity contribution in [1.29, 1.82) is 0 Å². The van der Waals surface area contributed by atoms with Gasteiger partial charge in [0.05, 0.1) is 19.3 Å². The van der Waals surface area contributed by atoms with Crippen LogP contribution in [0.25, 0.3) is 0 Å². The summed E-state index contributed by atoms with van der Waals surface area (Å²) in [6.45, 7) is 1.96. The molecule has 0 amide bonds. The molecule has 0 aliphatic rings. The van der Waals surface area contributed by atoms with Gasteiger partial charge >= 0.3 is 0 Å². The van der Waals surface area contributed by atoms with E-state index in [1.807, 2.05) is 6.92 Å². The lowest BCUT2D eigenvalue weighted by Gasteiger charge is -2.14. The number of rotatable bonds is 10. The van der Waals surface area contributed by atoms with Gasteiger partial charge in [-0.1, -0.05) is 19.4 Å². The lowest BCUT2D eigenvalue weighted by molar-refractivity contribution is -0.121. The summed E-state index contributed by atoms with van der Waals surface area (Å²) in [5, 5.41) is 28.9. The van der Waals surface area contributed by atoms with Crippen LogP contribution < -0.4 is 4.74 Å². The van der Waals surface area contributed by atoms with Crippen LogP contribution in [0, 0.1) is 0 Å². The molecule has 0 heterocycles. The predicted molar refractivity (Wildman–Crippen MR) is 84.1 cm³/mol. The van der Waals surface area contributed by atoms with E-state index in [0.717, 1.165) is 12.0 Å². The van der Waals surface area contributed by atoms with Gasteiger partial charge in [-0.3, -0.25) is 4.79 Å². The summed E-state index contributed by atoms with van der Waals surface area (Å²) < 4.78 is 5.02. The van der Waals surface area contributed by atoms with Crippen LogP contribution in [0.5, 0.6) is 11.5 Å². The van der Waals surface area contributed by atoms with Crippen molar-refractivity contribution < 1.29 is 24.9 Å². The maximum Gasteiger partial charge on any atom is 0.160 e. The number of methoxy groups -OCH3 is 1. The number of carbonyl (C=O) groups excluding carboxylic acids is 1. The van der Waals surface area contributed by atoms with Gasteiger partial charge in [-0.05, 0) is 37.0 Å². The fourth-order valence-electron chi connectivity index (χ4n) is 2.37. The number of ketones is 1. The minimum atomic E-state index is -0.789. The SMILES string of the molecule is CCCC(O)CC(O)CC(=O)CCc1ccc(O)c(OC)c1. The van der Waals surface area contributed by atoms with E-state index in [1.165, 1.54) is 13.2 Å². The Bertz CT molecular complexity index is 472. The maximum absolute atomic E-state index is 11.9. The van der Waals surface area contributed by atoms with Gasteiger partial charge in [-0.15, -0.1) is 0 Å². The Morgan fingerprint density at radius 2 is 2.00 bits per heavy atom. The highest BCUT2D eigenvalue weighted by atomic mass is 16.5. The molecule has 0 radical (unpaired) electrons. The molecule has 0 aliphatic carbocycles. The molecule has 3 N–H and O–H groups in total. The Balaban J connectivity index is 2.39. The van der Waals surface area contributed by atoms with E-state index in [-0.39, 0.29) is 24.4 Å². The molecule has 2 atom stereocenters. The van der Waals surface area contributed by atoms with Crippen molar-refractivity contribution in [1.82, 2.24) is 0 Å². The molecule has 1 aromatic carbocycles. The summed E-state index contributed by atoms with van der Waals surface area (Å²) in [5.41, 5.74) is 0.892. The Morgan fingerprint density at radius 3 is 2.64 bits per heavy atom. The average Bonchev–Trinajstić information content (AvgIpc) is 2.46. The Kier molecular flexibility index (Phi) is 7.91. The van der Waals surface area contributed by atoms with Gasteiger partial charge in [0.2, 0.25) is 0 Å². The van der Waals surface area contributed by atoms with Crippen molar-refractivity contribution in [2.24, 2.45) is 0 Å². The van der Waals surface area contributed by atoms with Crippen molar-refractivity contribution in [3.63, 3.8) is 0 Å². The summed E-state index contributed by atoms with van der Waals surface area (Å²) in [6.07, 6.45) is 1.30. The van der Waals surface area contributed by atoms with Crippen molar-refractivity contribution in [2.45, 2.75) is 57.7 Å². The minimum Gasteiger partial charge on any atom is -0.504 e. The fourth-order valence-corrected chi connectivity index (χ4v) is 2.37. The van der Waals surface area contributed by atoms with E-state index in [4.69, 9.17) is 4.74 Å². The second-order valence-corrected chi connectivity index (χ2v) is 5.58. The summed E-state index contributed by atoms with van der Waals surface area (Å²) >= 11 is 0. The van der Waals surface area contributed by atoms with Crippen molar-refractivity contribution in [2.75, 3.05) is 7.11 Å². The number of hydrogen-bond acceptors (Lipinski definition) is 5. The molecule has 0 spiro atoms. The first-order valence-corrected chi connectivity index (χ1v) is 7.70. The number of aromatic hydroxyl groups is 1. The summed E-state index contributed by atoms with van der Waals surface area (Å²) in [4.78, 5) is 11.9. The number of aryl methyl sites for hydroxylation is 1. The van der Waals surface area contributed by atoms with Crippen LogP contribution in [0.3, 0.4) is 0 Å². The van der Waals surface area contributed by atoms with Gasteiger partial charge in [0.1, 0.15) is 5.78 Å². The topological polar surface area (TPSA) is 87.0 Å². The lowest BCUT2D eigenvalue weighted by Crippen LogP contribution is -2.20. The third kappa shape index (κ3) is 6.45. The summed E-state index contributed by atoms with van der Waals surface area (Å²) in [6, 6.07) is 4.98. The fraction of sp³-hybridized carbons (Fsp3) is 0.588. The van der Waals surface area contributed by atoms with Crippen LogP contribution >= 0.6 is 0 Å². The number of benzene rings is 1. The zero-order chi connectivity index (χ0) is 16.5. The molecule has 22 heavy (non-hydrogen) atoms. The van der Waals surface area contributed by atoms with Gasteiger partial charge in [0, 0.05) is 12.8 Å². The quantitative estimate of drug-likeness (QED) is 0.617. The third-order valence-electron chi connectivity index (χ3n) is 3.57. The number of aliphatic hydroxyl groups is 2. The number of aliphatic hydroxyl groups excluding tert-OH is 2. The summed E-state index contributed by atoms with van der Waals surface area (Å²) in [7, 11) is 1.47. The van der Waals surface area contributed by atoms with E-state index < -0.39 is 12.2 Å². The first-order chi connectivity index (χ1) is 10.5. The molecule has 1 rings (SSSR count). The van der Waals surface area contributed by atoms with Crippen LogP contribution in [0.15, 0.2) is 18.2 Å². The van der Waals surface area contributed by atoms with E-state index in [1.54, 1.807) is 12.1 Å². The van der Waals surface area contributed by atoms with E-state index >= 15 is 0 Å². The minimum absolute atomic E-state index is 0.0387. The van der Waals surface area contributed by atoms with E-state index in [2.05, 4.69) is 0 Å². The van der Waals surface area contributed by atoms with Gasteiger partial charge in [-0.25, -0.2) is 0 Å². The Morgan fingerprint density at radius 1 is 1.27 bits per heavy atom. The second-order valence-electron chi connectivity index (χ2n) is 5.58. The molecule has 0 saturated heterocycles. The monoisotopic (exact) mass is 310 g/mol. The van der Waals surface area contributed by atoms with Gasteiger partial charge < -0.3 is 20.1 Å². The van der Waals surface area contributed by atoms with Gasteiger partial charge in [-0.2, -0.15) is 0 Å². The first-order valence-electron chi connectivity index (χ1n) is 7.70. The van der Waals surface area contributed by atoms with Crippen LogP contribution in [-0.4, -0.2) is 40.4 Å². The molecule has 124 valence electrons. The molecular weight excluding hydrogens is 284 g/mol. The van der Waals surface area contributed by atoms with Crippen LogP contribution in [0.4, 0.5) is 0 Å². The number of hydrogen-bond donors (Lipinski definition) is 3. The van der Waals surface area contributed by atoms with E-state index in [9.17, 15) is 20.1 Å². The molecule has 0 aromatic heterocycles. The number of ether oxygens (including phenoxy) is 1. The molecule has 5 heteroatoms. The highest BCUT2D eigenvalue weighted by molar-refractivity contribution is 5.79. The van der Waals surface area contributed by atoms with Crippen molar-refractivity contribution in [3.8, 4) is 11.5 Å². The molecule has 0 saturated carbocycles. The lowest BCUT2D eigenvalue weighted by atomic mass is 10.00. The molecule has 5 nitrogen and oxygen atoms in total. The van der Waals surface area contributed by atoms with Crippen LogP contribution in [-0.2, 0) is 11.2 Å². The first kappa shape index (κ1) is 18.5.